The minimum Gasteiger partial charge on any atom is -0.399 e. The summed E-state index contributed by atoms with van der Waals surface area (Å²) in [6.07, 6.45) is 0.239. The van der Waals surface area contributed by atoms with Gasteiger partial charge in [-0.15, -0.1) is 0 Å². The van der Waals surface area contributed by atoms with Crippen molar-refractivity contribution in [2.24, 2.45) is 5.73 Å². The number of nitrogens with one attached hydrogen (secondary N) is 1. The summed E-state index contributed by atoms with van der Waals surface area (Å²) < 4.78 is 1.58. The molecule has 0 aliphatic carbocycles. The van der Waals surface area contributed by atoms with Crippen LogP contribution in [0.1, 0.15) is 6.42 Å². The highest BCUT2D eigenvalue weighted by Gasteiger charge is 2.06. The topological polar surface area (TPSA) is 103 Å². The zero-order valence-electron chi connectivity index (χ0n) is 11.1. The first-order chi connectivity index (χ1) is 9.61. The van der Waals surface area contributed by atoms with Crippen LogP contribution in [0.15, 0.2) is 35.1 Å². The van der Waals surface area contributed by atoms with E-state index in [1.54, 1.807) is 28.8 Å². The lowest BCUT2D eigenvalue weighted by atomic mass is 10.2. The van der Waals surface area contributed by atoms with E-state index in [1.807, 2.05) is 0 Å². The number of pyridine rings is 1. The van der Waals surface area contributed by atoms with Crippen LogP contribution < -0.4 is 22.3 Å². The molecule has 0 spiro atoms. The Bertz CT molecular complexity index is 678. The molecule has 1 aromatic carbocycles. The predicted octanol–water partition coefficient (Wildman–Crippen LogP) is 0.0487. The predicted molar refractivity (Wildman–Crippen MR) is 79.3 cm³/mol. The van der Waals surface area contributed by atoms with Gasteiger partial charge in [0.05, 0.1) is 5.52 Å². The number of carbonyl (C=O) groups excluding carboxylic acids is 1. The van der Waals surface area contributed by atoms with Crippen molar-refractivity contribution in [3.63, 3.8) is 0 Å². The zero-order valence-corrected chi connectivity index (χ0v) is 11.1. The lowest BCUT2D eigenvalue weighted by Gasteiger charge is -2.10. The summed E-state index contributed by atoms with van der Waals surface area (Å²) in [6.45, 7) is 1.18. The summed E-state index contributed by atoms with van der Waals surface area (Å²) in [6, 6.07) is 8.56. The van der Waals surface area contributed by atoms with Crippen LogP contribution in [-0.2, 0) is 11.3 Å². The summed E-state index contributed by atoms with van der Waals surface area (Å²) in [5.41, 5.74) is 12.3. The van der Waals surface area contributed by atoms with Gasteiger partial charge in [-0.3, -0.25) is 9.59 Å². The van der Waals surface area contributed by atoms with E-state index in [0.29, 0.717) is 25.3 Å². The maximum atomic E-state index is 11.9. The van der Waals surface area contributed by atoms with Gasteiger partial charge < -0.3 is 21.4 Å². The highest BCUT2D eigenvalue weighted by atomic mass is 16.1. The van der Waals surface area contributed by atoms with Gasteiger partial charge in [0.15, 0.2) is 0 Å². The summed E-state index contributed by atoms with van der Waals surface area (Å²) in [4.78, 5) is 23.5. The third-order valence-electron chi connectivity index (χ3n) is 3.04. The number of anilines is 1. The molecular formula is C14H18N4O2. The third kappa shape index (κ3) is 3.16. The van der Waals surface area contributed by atoms with Crippen molar-refractivity contribution in [1.29, 1.82) is 0 Å². The van der Waals surface area contributed by atoms with Gasteiger partial charge in [-0.05, 0) is 24.3 Å². The van der Waals surface area contributed by atoms with Gasteiger partial charge in [0.2, 0.25) is 5.91 Å². The number of rotatable bonds is 5. The maximum Gasteiger partial charge on any atom is 0.251 e. The number of hydrogen-bond donors (Lipinski definition) is 3. The van der Waals surface area contributed by atoms with Crippen LogP contribution in [0, 0.1) is 0 Å². The van der Waals surface area contributed by atoms with E-state index in [4.69, 9.17) is 11.5 Å². The van der Waals surface area contributed by atoms with E-state index in [9.17, 15) is 9.59 Å². The first-order valence-corrected chi connectivity index (χ1v) is 6.47. The number of nitrogens with two attached hydrogens (primary N) is 2. The second-order valence-electron chi connectivity index (χ2n) is 4.53. The molecule has 0 unspecified atom stereocenters. The SMILES string of the molecule is NCCNC(=O)CCn1c(=O)ccc2cc(N)ccc21. The second kappa shape index (κ2) is 6.21. The molecule has 0 atom stereocenters. The molecule has 106 valence electrons. The number of amides is 1. The molecule has 2 aromatic rings. The lowest BCUT2D eigenvalue weighted by Crippen LogP contribution is -2.31. The minimum absolute atomic E-state index is 0.116. The van der Waals surface area contributed by atoms with Crippen molar-refractivity contribution >= 4 is 22.5 Å². The smallest absolute Gasteiger partial charge is 0.251 e. The number of carbonyl (C=O) groups is 1. The molecule has 0 saturated heterocycles. The quantitative estimate of drug-likeness (QED) is 0.670. The summed E-state index contributed by atoms with van der Waals surface area (Å²) in [7, 11) is 0. The number of aryl methyl sites for hydroxylation is 1. The Balaban J connectivity index is 2.23. The van der Waals surface area contributed by atoms with Gasteiger partial charge >= 0.3 is 0 Å². The summed E-state index contributed by atoms with van der Waals surface area (Å²) in [5, 5.41) is 3.56. The normalized spacial score (nSPS) is 10.7. The molecular weight excluding hydrogens is 256 g/mol. The first kappa shape index (κ1) is 14.1. The van der Waals surface area contributed by atoms with Crippen LogP contribution in [0.2, 0.25) is 0 Å². The van der Waals surface area contributed by atoms with Crippen molar-refractivity contribution < 1.29 is 4.79 Å². The van der Waals surface area contributed by atoms with Gasteiger partial charge in [-0.1, -0.05) is 0 Å². The fourth-order valence-electron chi connectivity index (χ4n) is 2.07. The number of nitrogen functional groups attached to an aromatic ring is 1. The van der Waals surface area contributed by atoms with Crippen LogP contribution in [0.5, 0.6) is 0 Å². The van der Waals surface area contributed by atoms with Crippen LogP contribution >= 0.6 is 0 Å². The van der Waals surface area contributed by atoms with Crippen LogP contribution in [0.4, 0.5) is 5.69 Å². The molecule has 0 saturated carbocycles. The highest BCUT2D eigenvalue weighted by Crippen LogP contribution is 2.15. The maximum absolute atomic E-state index is 11.9. The Morgan fingerprint density at radius 2 is 2.05 bits per heavy atom. The molecule has 1 heterocycles. The number of aromatic nitrogens is 1. The molecule has 5 N–H and O–H groups in total. The Labute approximate surface area is 116 Å². The molecule has 0 radical (unpaired) electrons. The Hall–Kier alpha value is -2.34. The molecule has 1 aromatic heterocycles. The molecule has 20 heavy (non-hydrogen) atoms. The zero-order chi connectivity index (χ0) is 14.5. The van der Waals surface area contributed by atoms with Crippen molar-refractivity contribution in [1.82, 2.24) is 9.88 Å². The number of hydrogen-bond acceptors (Lipinski definition) is 4. The standard InChI is InChI=1S/C14H18N4O2/c15-6-7-17-13(19)5-8-18-12-3-2-11(16)9-10(12)1-4-14(18)20/h1-4,9H,5-8,15-16H2,(H,17,19). The second-order valence-corrected chi connectivity index (χ2v) is 4.53. The van der Waals surface area contributed by atoms with E-state index >= 15 is 0 Å². The van der Waals surface area contributed by atoms with Gasteiger partial charge in [0.25, 0.3) is 5.56 Å². The molecule has 0 bridgehead atoms. The van der Waals surface area contributed by atoms with Crippen molar-refractivity contribution in [3.8, 4) is 0 Å². The van der Waals surface area contributed by atoms with E-state index in [2.05, 4.69) is 5.32 Å². The Morgan fingerprint density at radius 1 is 1.25 bits per heavy atom. The largest absolute Gasteiger partial charge is 0.399 e. The summed E-state index contributed by atoms with van der Waals surface area (Å²) in [5.74, 6) is -0.116. The monoisotopic (exact) mass is 274 g/mol. The van der Waals surface area contributed by atoms with Crippen molar-refractivity contribution in [2.45, 2.75) is 13.0 Å². The number of nitrogens with zero attached hydrogens (tertiary/aromatic N) is 1. The summed E-state index contributed by atoms with van der Waals surface area (Å²) >= 11 is 0. The molecule has 1 amide bonds. The highest BCUT2D eigenvalue weighted by molar-refractivity contribution is 5.82. The van der Waals surface area contributed by atoms with Crippen LogP contribution in [0.3, 0.4) is 0 Å². The van der Waals surface area contributed by atoms with Crippen molar-refractivity contribution in [2.75, 3.05) is 18.8 Å². The van der Waals surface area contributed by atoms with Crippen molar-refractivity contribution in [3.05, 3.63) is 40.7 Å². The lowest BCUT2D eigenvalue weighted by molar-refractivity contribution is -0.121. The number of benzene rings is 1. The third-order valence-corrected chi connectivity index (χ3v) is 3.04. The van der Waals surface area contributed by atoms with E-state index in [-0.39, 0.29) is 17.9 Å². The van der Waals surface area contributed by atoms with Gasteiger partial charge in [-0.2, -0.15) is 0 Å². The van der Waals surface area contributed by atoms with Crippen LogP contribution in [0.25, 0.3) is 10.9 Å². The molecule has 0 aliphatic heterocycles. The van der Waals surface area contributed by atoms with Gasteiger partial charge in [-0.25, -0.2) is 0 Å². The van der Waals surface area contributed by atoms with Gasteiger partial charge in [0.1, 0.15) is 0 Å². The molecule has 6 nitrogen and oxygen atoms in total. The number of fused-ring (bicyclic) bond motifs is 1. The molecule has 6 heteroatoms. The first-order valence-electron chi connectivity index (χ1n) is 6.47. The fraction of sp³-hybridized carbons (Fsp3) is 0.286. The Kier molecular flexibility index (Phi) is 4.37. The van der Waals surface area contributed by atoms with E-state index < -0.39 is 0 Å². The minimum atomic E-state index is -0.131. The average Bonchev–Trinajstić information content (AvgIpc) is 2.44. The average molecular weight is 274 g/mol. The van der Waals surface area contributed by atoms with E-state index in [0.717, 1.165) is 10.9 Å². The van der Waals surface area contributed by atoms with Gasteiger partial charge in [0, 0.05) is 43.2 Å². The van der Waals surface area contributed by atoms with E-state index in [1.165, 1.54) is 6.07 Å². The van der Waals surface area contributed by atoms with Crippen LogP contribution in [-0.4, -0.2) is 23.6 Å². The fourth-order valence-corrected chi connectivity index (χ4v) is 2.07. The molecule has 2 rings (SSSR count). The molecule has 0 fully saturated rings. The molecule has 0 aliphatic rings. The Morgan fingerprint density at radius 3 is 2.80 bits per heavy atom.